The molecule has 0 unspecified atom stereocenters. The smallest absolute Gasteiger partial charge is 0.277 e. The molecule has 1 aromatic heterocycles. The van der Waals surface area contributed by atoms with Gasteiger partial charge in [0.1, 0.15) is 5.75 Å². The van der Waals surface area contributed by atoms with E-state index >= 15 is 0 Å². The van der Waals surface area contributed by atoms with Gasteiger partial charge in [0.25, 0.3) is 5.91 Å². The Morgan fingerprint density at radius 3 is 2.79 bits per heavy atom. The van der Waals surface area contributed by atoms with Crippen molar-refractivity contribution in [3.8, 4) is 11.4 Å². The van der Waals surface area contributed by atoms with Gasteiger partial charge in [-0.15, -0.1) is 0 Å². The number of rotatable bonds is 7. The van der Waals surface area contributed by atoms with Gasteiger partial charge in [0.2, 0.25) is 0 Å². The summed E-state index contributed by atoms with van der Waals surface area (Å²) >= 11 is 6.23. The first kappa shape index (κ1) is 20.7. The molecule has 0 bridgehead atoms. The van der Waals surface area contributed by atoms with E-state index < -0.39 is 0 Å². The molecule has 6 heteroatoms. The molecule has 0 radical (unpaired) electrons. The summed E-state index contributed by atoms with van der Waals surface area (Å²) in [6.07, 6.45) is 4.42. The quantitative estimate of drug-likeness (QED) is 0.448. The van der Waals surface area contributed by atoms with E-state index in [4.69, 9.17) is 16.3 Å². The summed E-state index contributed by atoms with van der Waals surface area (Å²) in [5.41, 5.74) is 7.54. The summed E-state index contributed by atoms with van der Waals surface area (Å²) < 4.78 is 7.53. The first-order chi connectivity index (χ1) is 14.0. The van der Waals surface area contributed by atoms with Gasteiger partial charge in [-0.3, -0.25) is 4.79 Å². The standard InChI is InChI=1S/C23H24ClN3O2/c1-4-18-10-16(2)11-21(12-18)29-15-23(28)26-25-14-20-6-5-9-27(20)19-8-7-17(3)22(24)13-19/h5-14H,4,15H2,1-3H3,(H,26,28)/b25-14+. The van der Waals surface area contributed by atoms with Crippen LogP contribution in [0.1, 0.15) is 29.3 Å². The number of nitrogens with zero attached hydrogens (tertiary/aromatic N) is 2. The maximum Gasteiger partial charge on any atom is 0.277 e. The number of hydrazone groups is 1. The molecule has 1 heterocycles. The molecular formula is C23H24ClN3O2. The van der Waals surface area contributed by atoms with Gasteiger partial charge in [0.05, 0.1) is 11.9 Å². The molecule has 0 saturated heterocycles. The van der Waals surface area contributed by atoms with Crippen molar-refractivity contribution in [2.45, 2.75) is 27.2 Å². The molecule has 0 spiro atoms. The summed E-state index contributed by atoms with van der Waals surface area (Å²) in [5, 5.41) is 4.75. The Labute approximate surface area is 176 Å². The highest BCUT2D eigenvalue weighted by Gasteiger charge is 2.05. The van der Waals surface area contributed by atoms with Crippen molar-refractivity contribution in [1.29, 1.82) is 0 Å². The van der Waals surface area contributed by atoms with Crippen LogP contribution in [0.5, 0.6) is 5.75 Å². The molecule has 3 rings (SSSR count). The van der Waals surface area contributed by atoms with Crippen LogP contribution >= 0.6 is 11.6 Å². The second kappa shape index (κ2) is 9.43. The summed E-state index contributed by atoms with van der Waals surface area (Å²) in [5.74, 6) is 0.364. The first-order valence-electron chi connectivity index (χ1n) is 9.45. The van der Waals surface area contributed by atoms with Crippen LogP contribution in [0.3, 0.4) is 0 Å². The van der Waals surface area contributed by atoms with Crippen LogP contribution in [0, 0.1) is 13.8 Å². The number of aromatic nitrogens is 1. The van der Waals surface area contributed by atoms with Gasteiger partial charge in [-0.25, -0.2) is 5.43 Å². The van der Waals surface area contributed by atoms with Crippen molar-refractivity contribution >= 4 is 23.7 Å². The third kappa shape index (κ3) is 5.48. The van der Waals surface area contributed by atoms with E-state index in [-0.39, 0.29) is 12.5 Å². The number of aryl methyl sites for hydroxylation is 3. The first-order valence-corrected chi connectivity index (χ1v) is 9.83. The predicted molar refractivity (Wildman–Crippen MR) is 117 cm³/mol. The van der Waals surface area contributed by atoms with Crippen molar-refractivity contribution in [2.24, 2.45) is 5.10 Å². The molecule has 2 aromatic carbocycles. The Balaban J connectivity index is 1.59. The largest absolute Gasteiger partial charge is 0.484 e. The van der Waals surface area contributed by atoms with Gasteiger partial charge < -0.3 is 9.30 Å². The number of amides is 1. The number of hydrogen-bond acceptors (Lipinski definition) is 3. The van der Waals surface area contributed by atoms with Gasteiger partial charge in [-0.2, -0.15) is 5.10 Å². The average molecular weight is 410 g/mol. The van der Waals surface area contributed by atoms with Crippen LogP contribution in [0.15, 0.2) is 59.8 Å². The average Bonchev–Trinajstić information content (AvgIpc) is 3.16. The van der Waals surface area contributed by atoms with Crippen LogP contribution in [0.4, 0.5) is 0 Å². The Bertz CT molecular complexity index is 1040. The normalized spacial score (nSPS) is 11.0. The maximum atomic E-state index is 12.0. The van der Waals surface area contributed by atoms with Gasteiger partial charge in [0, 0.05) is 16.9 Å². The minimum absolute atomic E-state index is 0.0987. The van der Waals surface area contributed by atoms with Gasteiger partial charge >= 0.3 is 0 Å². The van der Waals surface area contributed by atoms with Crippen LogP contribution in [-0.2, 0) is 11.2 Å². The Kier molecular flexibility index (Phi) is 6.73. The molecule has 1 amide bonds. The number of nitrogens with one attached hydrogen (secondary N) is 1. The summed E-state index contributed by atoms with van der Waals surface area (Å²) in [6.45, 7) is 5.95. The second-order valence-corrected chi connectivity index (χ2v) is 7.23. The van der Waals surface area contributed by atoms with E-state index in [2.05, 4.69) is 23.5 Å². The van der Waals surface area contributed by atoms with Crippen LogP contribution < -0.4 is 10.2 Å². The minimum Gasteiger partial charge on any atom is -0.484 e. The number of carbonyl (C=O) groups is 1. The van der Waals surface area contributed by atoms with Crippen molar-refractivity contribution < 1.29 is 9.53 Å². The van der Waals surface area contributed by atoms with Crippen LogP contribution in [-0.4, -0.2) is 23.3 Å². The zero-order valence-corrected chi connectivity index (χ0v) is 17.5. The molecule has 0 aliphatic carbocycles. The molecule has 0 saturated carbocycles. The number of halogens is 1. The van der Waals surface area contributed by atoms with Gasteiger partial charge in [-0.1, -0.05) is 30.7 Å². The molecule has 29 heavy (non-hydrogen) atoms. The SMILES string of the molecule is CCc1cc(C)cc(OCC(=O)N/N=C/c2cccn2-c2ccc(C)c(Cl)c2)c1. The Morgan fingerprint density at radius 1 is 1.21 bits per heavy atom. The number of carbonyl (C=O) groups excluding carboxylic acids is 1. The fraction of sp³-hybridized carbons (Fsp3) is 0.217. The van der Waals surface area contributed by atoms with E-state index in [0.29, 0.717) is 10.8 Å². The molecular weight excluding hydrogens is 386 g/mol. The lowest BCUT2D eigenvalue weighted by Gasteiger charge is -2.09. The second-order valence-electron chi connectivity index (χ2n) is 6.83. The van der Waals surface area contributed by atoms with E-state index in [0.717, 1.165) is 28.9 Å². The van der Waals surface area contributed by atoms with Gasteiger partial charge in [0.15, 0.2) is 6.61 Å². The maximum absolute atomic E-state index is 12.0. The van der Waals surface area contributed by atoms with Crippen molar-refractivity contribution in [3.05, 3.63) is 82.1 Å². The van der Waals surface area contributed by atoms with Crippen LogP contribution in [0.2, 0.25) is 5.02 Å². The van der Waals surface area contributed by atoms with E-state index in [1.807, 2.05) is 67.1 Å². The lowest BCUT2D eigenvalue weighted by molar-refractivity contribution is -0.123. The van der Waals surface area contributed by atoms with Crippen molar-refractivity contribution in [2.75, 3.05) is 6.61 Å². The van der Waals surface area contributed by atoms with E-state index in [1.165, 1.54) is 5.56 Å². The van der Waals surface area contributed by atoms with Crippen LogP contribution in [0.25, 0.3) is 5.69 Å². The third-order valence-corrected chi connectivity index (χ3v) is 4.90. The molecule has 0 fully saturated rings. The lowest BCUT2D eigenvalue weighted by atomic mass is 10.1. The fourth-order valence-electron chi connectivity index (χ4n) is 2.93. The molecule has 5 nitrogen and oxygen atoms in total. The zero-order chi connectivity index (χ0) is 20.8. The Hall–Kier alpha value is -3.05. The van der Waals surface area contributed by atoms with Crippen molar-refractivity contribution in [1.82, 2.24) is 9.99 Å². The van der Waals surface area contributed by atoms with Gasteiger partial charge in [-0.05, 0) is 73.4 Å². The zero-order valence-electron chi connectivity index (χ0n) is 16.8. The molecule has 3 aromatic rings. The number of ether oxygens (including phenoxy) is 1. The highest BCUT2D eigenvalue weighted by Crippen LogP contribution is 2.20. The van der Waals surface area contributed by atoms with E-state index in [9.17, 15) is 4.79 Å². The highest BCUT2D eigenvalue weighted by molar-refractivity contribution is 6.31. The molecule has 1 N–H and O–H groups in total. The topological polar surface area (TPSA) is 55.6 Å². The number of hydrogen-bond donors (Lipinski definition) is 1. The molecule has 150 valence electrons. The fourth-order valence-corrected chi connectivity index (χ4v) is 3.10. The third-order valence-electron chi connectivity index (χ3n) is 4.49. The molecule has 0 atom stereocenters. The molecule has 0 aliphatic rings. The summed E-state index contributed by atoms with van der Waals surface area (Å²) in [4.78, 5) is 12.0. The monoisotopic (exact) mass is 409 g/mol. The minimum atomic E-state index is -0.322. The Morgan fingerprint density at radius 2 is 2.03 bits per heavy atom. The molecule has 0 aliphatic heterocycles. The van der Waals surface area contributed by atoms with Crippen molar-refractivity contribution in [3.63, 3.8) is 0 Å². The van der Waals surface area contributed by atoms with E-state index in [1.54, 1.807) is 6.21 Å². The predicted octanol–water partition coefficient (Wildman–Crippen LogP) is 4.84. The summed E-state index contributed by atoms with van der Waals surface area (Å²) in [7, 11) is 0. The lowest BCUT2D eigenvalue weighted by Crippen LogP contribution is -2.24. The summed E-state index contributed by atoms with van der Waals surface area (Å²) in [6, 6.07) is 15.6. The highest BCUT2D eigenvalue weighted by atomic mass is 35.5. The number of benzene rings is 2.